The lowest BCUT2D eigenvalue weighted by molar-refractivity contribution is -0.122. The molecule has 0 aromatic heterocycles. The van der Waals surface area contributed by atoms with Gasteiger partial charge in [-0.3, -0.25) is 9.69 Å². The zero-order valence-corrected chi connectivity index (χ0v) is 17.0. The summed E-state index contributed by atoms with van der Waals surface area (Å²) in [5.41, 5.74) is 3.05. The average Bonchev–Trinajstić information content (AvgIpc) is 2.86. The largest absolute Gasteiger partial charge is 0.450 e. The Morgan fingerprint density at radius 2 is 2.00 bits per heavy atom. The van der Waals surface area contributed by atoms with Gasteiger partial charge in [-0.15, -0.1) is 0 Å². The van der Waals surface area contributed by atoms with Crippen molar-refractivity contribution in [2.45, 2.75) is 57.4 Å². The summed E-state index contributed by atoms with van der Waals surface area (Å²) in [4.78, 5) is 29.2. The number of hydrogen-bond acceptors (Lipinski definition) is 4. The molecule has 1 aliphatic carbocycles. The lowest BCUT2D eigenvalue weighted by atomic mass is 9.68. The Balaban J connectivity index is 1.41. The second kappa shape index (κ2) is 7.74. The van der Waals surface area contributed by atoms with Gasteiger partial charge in [0.05, 0.1) is 12.0 Å². The Hall–Kier alpha value is -2.08. The van der Waals surface area contributed by atoms with E-state index in [1.54, 1.807) is 0 Å². The Morgan fingerprint density at radius 3 is 2.75 bits per heavy atom. The minimum atomic E-state index is -0.347. The molecular weight excluding hydrogens is 354 g/mol. The van der Waals surface area contributed by atoms with Gasteiger partial charge < -0.3 is 15.0 Å². The maximum Gasteiger partial charge on any atom is 0.409 e. The maximum atomic E-state index is 12.9. The third-order valence-electron chi connectivity index (χ3n) is 6.76. The van der Waals surface area contributed by atoms with Crippen LogP contribution in [0.1, 0.15) is 50.2 Å². The van der Waals surface area contributed by atoms with Crippen LogP contribution in [0.25, 0.3) is 0 Å². The Bertz CT molecular complexity index is 755. The van der Waals surface area contributed by atoms with Gasteiger partial charge in [-0.1, -0.05) is 17.7 Å². The molecule has 2 aliphatic heterocycles. The van der Waals surface area contributed by atoms with Gasteiger partial charge >= 0.3 is 6.09 Å². The molecule has 0 radical (unpaired) electrons. The molecular formula is C22H31N3O3. The predicted molar refractivity (Wildman–Crippen MR) is 109 cm³/mol. The predicted octanol–water partition coefficient (Wildman–Crippen LogP) is 3.29. The summed E-state index contributed by atoms with van der Waals surface area (Å²) in [6, 6.07) is 6.80. The zero-order chi connectivity index (χ0) is 19.7. The van der Waals surface area contributed by atoms with Crippen molar-refractivity contribution in [1.29, 1.82) is 0 Å². The van der Waals surface area contributed by atoms with Crippen LogP contribution in [0.2, 0.25) is 0 Å². The number of nitrogens with one attached hydrogen (secondary N) is 1. The van der Waals surface area contributed by atoms with Gasteiger partial charge in [0.2, 0.25) is 5.91 Å². The van der Waals surface area contributed by atoms with Crippen LogP contribution in [0.15, 0.2) is 18.2 Å². The first-order chi connectivity index (χ1) is 13.5. The van der Waals surface area contributed by atoms with E-state index in [-0.39, 0.29) is 17.4 Å². The van der Waals surface area contributed by atoms with Crippen molar-refractivity contribution in [3.63, 3.8) is 0 Å². The van der Waals surface area contributed by atoms with Crippen molar-refractivity contribution < 1.29 is 14.3 Å². The molecule has 1 N–H and O–H groups in total. The second-order valence-electron chi connectivity index (χ2n) is 8.39. The van der Waals surface area contributed by atoms with Crippen LogP contribution in [0, 0.1) is 6.92 Å². The number of hydrogen-bond donors (Lipinski definition) is 1. The molecule has 152 valence electrons. The minimum absolute atomic E-state index is 0.177. The maximum absolute atomic E-state index is 12.9. The van der Waals surface area contributed by atoms with Crippen molar-refractivity contribution in [3.05, 3.63) is 29.3 Å². The summed E-state index contributed by atoms with van der Waals surface area (Å²) in [7, 11) is 0. The van der Waals surface area contributed by atoms with Gasteiger partial charge in [-0.25, -0.2) is 4.79 Å². The molecule has 28 heavy (non-hydrogen) atoms. The Kier molecular flexibility index (Phi) is 5.32. The van der Waals surface area contributed by atoms with Gasteiger partial charge in [-0.2, -0.15) is 0 Å². The number of carbonyl (C=O) groups is 2. The number of anilines is 1. The van der Waals surface area contributed by atoms with Crippen LogP contribution in [0.5, 0.6) is 0 Å². The molecule has 0 bridgehead atoms. The van der Waals surface area contributed by atoms with Crippen molar-refractivity contribution >= 4 is 17.7 Å². The summed E-state index contributed by atoms with van der Waals surface area (Å²) in [6.07, 6.45) is 4.64. The van der Waals surface area contributed by atoms with E-state index in [1.165, 1.54) is 11.1 Å². The van der Waals surface area contributed by atoms with Gasteiger partial charge in [0.25, 0.3) is 0 Å². The fourth-order valence-electron chi connectivity index (χ4n) is 5.18. The van der Waals surface area contributed by atoms with E-state index in [2.05, 4.69) is 29.3 Å². The van der Waals surface area contributed by atoms with Crippen LogP contribution in [-0.2, 0) is 14.9 Å². The highest BCUT2D eigenvalue weighted by Crippen LogP contribution is 2.48. The van der Waals surface area contributed by atoms with E-state index in [1.807, 2.05) is 17.9 Å². The van der Waals surface area contributed by atoms with Crippen molar-refractivity contribution in [2.24, 2.45) is 0 Å². The lowest BCUT2D eigenvalue weighted by Gasteiger charge is -2.40. The first-order valence-corrected chi connectivity index (χ1v) is 10.6. The molecule has 4 rings (SSSR count). The first kappa shape index (κ1) is 19.2. The number of ether oxygens (including phenoxy) is 1. The van der Waals surface area contributed by atoms with E-state index in [0.717, 1.165) is 64.0 Å². The number of aryl methyl sites for hydroxylation is 1. The molecule has 3 aliphatic rings. The molecule has 0 unspecified atom stereocenters. The van der Waals surface area contributed by atoms with Crippen molar-refractivity contribution in [2.75, 3.05) is 38.1 Å². The van der Waals surface area contributed by atoms with Gasteiger partial charge in [0.1, 0.15) is 0 Å². The van der Waals surface area contributed by atoms with Gasteiger partial charge in [0, 0.05) is 37.9 Å². The fraction of sp³-hybridized carbons (Fsp3) is 0.636. The number of amides is 2. The molecule has 2 amide bonds. The molecule has 1 saturated heterocycles. The number of nitrogens with zero attached hydrogens (tertiary/aromatic N) is 2. The minimum Gasteiger partial charge on any atom is -0.450 e. The van der Waals surface area contributed by atoms with Crippen LogP contribution < -0.4 is 5.32 Å². The Morgan fingerprint density at radius 1 is 1.21 bits per heavy atom. The topological polar surface area (TPSA) is 61.9 Å². The summed E-state index contributed by atoms with van der Waals surface area (Å²) in [5, 5.41) is 3.11. The standard InChI is InChI=1S/C22H31N3O3/c1-3-28-21(27)25-12-4-11-24(13-14-25)17-7-9-22(10-8-17)18-15-16(2)5-6-19(18)23-20(22)26/h5-6,15,17H,3-4,7-14H2,1-2H3,(H,23,26). The quantitative estimate of drug-likeness (QED) is 0.849. The van der Waals surface area contributed by atoms with Crippen molar-refractivity contribution in [3.8, 4) is 0 Å². The number of rotatable bonds is 2. The van der Waals surface area contributed by atoms with Gasteiger partial charge in [0.15, 0.2) is 0 Å². The smallest absolute Gasteiger partial charge is 0.409 e. The summed E-state index contributed by atoms with van der Waals surface area (Å²) < 4.78 is 5.16. The molecule has 1 spiro atoms. The number of fused-ring (bicyclic) bond motifs is 2. The highest BCUT2D eigenvalue weighted by atomic mass is 16.6. The summed E-state index contributed by atoms with van der Waals surface area (Å²) >= 11 is 0. The molecule has 2 fully saturated rings. The monoisotopic (exact) mass is 385 g/mol. The van der Waals surface area contributed by atoms with E-state index >= 15 is 0 Å². The average molecular weight is 386 g/mol. The van der Waals surface area contributed by atoms with E-state index in [0.29, 0.717) is 12.6 Å². The van der Waals surface area contributed by atoms with E-state index in [4.69, 9.17) is 4.74 Å². The Labute approximate surface area is 167 Å². The molecule has 6 nitrogen and oxygen atoms in total. The van der Waals surface area contributed by atoms with Crippen LogP contribution in [0.3, 0.4) is 0 Å². The lowest BCUT2D eigenvalue weighted by Crippen LogP contribution is -2.46. The molecule has 6 heteroatoms. The molecule has 1 aromatic carbocycles. The number of carbonyl (C=O) groups excluding carboxylic acids is 2. The second-order valence-corrected chi connectivity index (χ2v) is 8.39. The SMILES string of the molecule is CCOC(=O)N1CCCN(C2CCC3(CC2)C(=O)Nc2ccc(C)cc23)CC1. The third-order valence-corrected chi connectivity index (χ3v) is 6.76. The van der Waals surface area contributed by atoms with E-state index < -0.39 is 0 Å². The molecule has 0 atom stereocenters. The highest BCUT2D eigenvalue weighted by molar-refractivity contribution is 6.06. The molecule has 1 aromatic rings. The van der Waals surface area contributed by atoms with Crippen LogP contribution >= 0.6 is 0 Å². The molecule has 1 saturated carbocycles. The zero-order valence-electron chi connectivity index (χ0n) is 17.0. The normalized spacial score (nSPS) is 28.0. The van der Waals surface area contributed by atoms with E-state index in [9.17, 15) is 9.59 Å². The fourth-order valence-corrected chi connectivity index (χ4v) is 5.18. The van der Waals surface area contributed by atoms with Crippen LogP contribution in [-0.4, -0.2) is 60.6 Å². The number of benzene rings is 1. The highest BCUT2D eigenvalue weighted by Gasteiger charge is 2.49. The first-order valence-electron chi connectivity index (χ1n) is 10.6. The van der Waals surface area contributed by atoms with Crippen LogP contribution in [0.4, 0.5) is 10.5 Å². The van der Waals surface area contributed by atoms with Gasteiger partial charge in [-0.05, 0) is 57.6 Å². The third kappa shape index (κ3) is 3.39. The molecule has 2 heterocycles. The summed E-state index contributed by atoms with van der Waals surface area (Å²) in [6.45, 7) is 7.75. The van der Waals surface area contributed by atoms with Crippen molar-refractivity contribution in [1.82, 2.24) is 9.80 Å². The summed E-state index contributed by atoms with van der Waals surface area (Å²) in [5.74, 6) is 0.177.